The van der Waals surface area contributed by atoms with Gasteiger partial charge in [-0.05, 0) is 76.6 Å². The van der Waals surface area contributed by atoms with E-state index in [4.69, 9.17) is 4.99 Å². The second kappa shape index (κ2) is 8.11. The fourth-order valence-electron chi connectivity index (χ4n) is 5.16. The Bertz CT molecular complexity index is 859. The van der Waals surface area contributed by atoms with Crippen LogP contribution >= 0.6 is 8.07 Å². The first-order valence-electron chi connectivity index (χ1n) is 10.9. The van der Waals surface area contributed by atoms with Gasteiger partial charge in [-0.25, -0.2) is 0 Å². The summed E-state index contributed by atoms with van der Waals surface area (Å²) in [5.41, 5.74) is 8.38. The van der Waals surface area contributed by atoms with Crippen molar-refractivity contribution in [2.45, 2.75) is 54.4 Å². The van der Waals surface area contributed by atoms with E-state index >= 15 is 0 Å². The monoisotopic (exact) mass is 407 g/mol. The highest BCUT2D eigenvalue weighted by atomic mass is 31.1. The maximum Gasteiger partial charge on any atom is 0.200 e. The van der Waals surface area contributed by atoms with E-state index in [0.29, 0.717) is 0 Å². The Hall–Kier alpha value is -1.86. The molecule has 0 N–H and O–H groups in total. The van der Waals surface area contributed by atoms with Crippen LogP contribution in [0.15, 0.2) is 29.3 Å². The molecule has 2 aromatic carbocycles. The zero-order chi connectivity index (χ0) is 20.7. The largest absolute Gasteiger partial charge is 0.342 e. The van der Waals surface area contributed by atoms with E-state index < -0.39 is 8.07 Å². The van der Waals surface area contributed by atoms with Crippen LogP contribution in [0.1, 0.15) is 46.2 Å². The molecule has 3 nitrogen and oxygen atoms in total. The number of nitrogens with zero attached hydrogens (tertiary/aromatic N) is 3. The highest BCUT2D eigenvalue weighted by molar-refractivity contribution is 7.71. The molecular weight excluding hydrogens is 373 g/mol. The molecule has 0 aliphatic carbocycles. The lowest BCUT2D eigenvalue weighted by molar-refractivity contribution is 0.306. The van der Waals surface area contributed by atoms with Crippen LogP contribution < -0.4 is 10.6 Å². The summed E-state index contributed by atoms with van der Waals surface area (Å²) in [4.78, 5) is 7.57. The second-order valence-electron chi connectivity index (χ2n) is 8.81. The Labute approximate surface area is 177 Å². The molecule has 2 aromatic rings. The van der Waals surface area contributed by atoms with Crippen molar-refractivity contribution in [1.82, 2.24) is 9.57 Å². The van der Waals surface area contributed by atoms with Gasteiger partial charge in [-0.2, -0.15) is 0 Å². The Kier molecular flexibility index (Phi) is 5.71. The van der Waals surface area contributed by atoms with Crippen LogP contribution in [0.25, 0.3) is 0 Å². The quantitative estimate of drug-likeness (QED) is 0.690. The molecule has 0 amide bonds. The van der Waals surface area contributed by atoms with Crippen molar-refractivity contribution in [3.05, 3.63) is 57.6 Å². The smallest absolute Gasteiger partial charge is 0.200 e. The molecule has 0 saturated carbocycles. The molecule has 1 fully saturated rings. The molecule has 154 valence electrons. The molecule has 0 atom stereocenters. The van der Waals surface area contributed by atoms with Crippen LogP contribution in [-0.2, 0) is 0 Å². The molecule has 1 saturated heterocycles. The van der Waals surface area contributed by atoms with E-state index in [0.717, 1.165) is 26.2 Å². The zero-order valence-electron chi connectivity index (χ0n) is 18.8. The predicted octanol–water partition coefficient (Wildman–Crippen LogP) is 4.65. The fourth-order valence-corrected chi connectivity index (χ4v) is 8.18. The lowest BCUT2D eigenvalue weighted by Gasteiger charge is -2.46. The third kappa shape index (κ3) is 3.82. The molecule has 29 heavy (non-hydrogen) atoms. The van der Waals surface area contributed by atoms with Gasteiger partial charge in [0.2, 0.25) is 0 Å². The first-order valence-corrected chi connectivity index (χ1v) is 12.2. The van der Waals surface area contributed by atoms with Crippen molar-refractivity contribution in [1.29, 1.82) is 0 Å². The summed E-state index contributed by atoms with van der Waals surface area (Å²) in [6, 6.07) is 9.45. The van der Waals surface area contributed by atoms with Crippen molar-refractivity contribution in [2.24, 2.45) is 4.99 Å². The molecule has 2 heterocycles. The average molecular weight is 408 g/mol. The summed E-state index contributed by atoms with van der Waals surface area (Å²) in [5.74, 6) is 1.24. The maximum atomic E-state index is 5.04. The number of rotatable bonds is 3. The standard InChI is InChI=1S/C25H34N3P/c1-17-13-19(3)23(20(4)14-17)29(24-21(5)15-18(2)16-22(24)6)28-12-8-11-27-10-7-9-26-25(27)28/h13-16H,7-12H2,1-6H3. The summed E-state index contributed by atoms with van der Waals surface area (Å²) >= 11 is 0. The third-order valence-corrected chi connectivity index (χ3v) is 9.21. The topological polar surface area (TPSA) is 18.8 Å². The van der Waals surface area contributed by atoms with Crippen LogP contribution in [0.4, 0.5) is 0 Å². The Balaban J connectivity index is 1.95. The van der Waals surface area contributed by atoms with Crippen LogP contribution in [0.2, 0.25) is 0 Å². The molecule has 0 bridgehead atoms. The van der Waals surface area contributed by atoms with Crippen molar-refractivity contribution in [3.8, 4) is 0 Å². The molecule has 0 spiro atoms. The summed E-state index contributed by atoms with van der Waals surface area (Å²) < 4.78 is 2.67. The molecule has 0 unspecified atom stereocenters. The van der Waals surface area contributed by atoms with Gasteiger partial charge in [0.05, 0.1) is 8.07 Å². The predicted molar refractivity (Wildman–Crippen MR) is 127 cm³/mol. The minimum atomic E-state index is -0.660. The fraction of sp³-hybridized carbons (Fsp3) is 0.480. The van der Waals surface area contributed by atoms with E-state index in [1.807, 2.05) is 0 Å². The maximum absolute atomic E-state index is 5.04. The lowest BCUT2D eigenvalue weighted by atomic mass is 10.1. The lowest BCUT2D eigenvalue weighted by Crippen LogP contribution is -2.52. The number of aliphatic imine (C=N–C) groups is 1. The van der Waals surface area contributed by atoms with Gasteiger partial charge in [-0.1, -0.05) is 35.4 Å². The van der Waals surface area contributed by atoms with E-state index in [-0.39, 0.29) is 0 Å². The highest BCUT2D eigenvalue weighted by Crippen LogP contribution is 2.45. The Morgan fingerprint density at radius 2 is 1.17 bits per heavy atom. The van der Waals surface area contributed by atoms with E-state index in [9.17, 15) is 0 Å². The van der Waals surface area contributed by atoms with Gasteiger partial charge in [0.1, 0.15) is 0 Å². The van der Waals surface area contributed by atoms with E-state index in [1.165, 1.54) is 62.8 Å². The van der Waals surface area contributed by atoms with Gasteiger partial charge in [-0.3, -0.25) is 4.99 Å². The van der Waals surface area contributed by atoms with Crippen LogP contribution in [0, 0.1) is 41.5 Å². The Morgan fingerprint density at radius 1 is 0.690 bits per heavy atom. The first-order chi connectivity index (χ1) is 13.9. The van der Waals surface area contributed by atoms with Crippen molar-refractivity contribution >= 4 is 24.6 Å². The number of fused-ring (bicyclic) bond motifs is 1. The van der Waals surface area contributed by atoms with Gasteiger partial charge in [-0.15, -0.1) is 0 Å². The SMILES string of the molecule is Cc1cc(C)c(P(c2c(C)cc(C)cc2C)N2CCCN3CCCN=C32)c(C)c1. The summed E-state index contributed by atoms with van der Waals surface area (Å²) in [7, 11) is -0.660. The zero-order valence-corrected chi connectivity index (χ0v) is 19.7. The van der Waals surface area contributed by atoms with E-state index in [1.54, 1.807) is 0 Å². The molecule has 4 rings (SSSR count). The minimum Gasteiger partial charge on any atom is -0.342 e. The normalized spacial score (nSPS) is 16.9. The summed E-state index contributed by atoms with van der Waals surface area (Å²) in [6.07, 6.45) is 2.40. The van der Waals surface area contributed by atoms with Gasteiger partial charge < -0.3 is 9.57 Å². The van der Waals surface area contributed by atoms with Crippen LogP contribution in [-0.4, -0.2) is 41.7 Å². The molecule has 0 aromatic heterocycles. The number of guanidine groups is 1. The number of hydrogen-bond acceptors (Lipinski definition) is 3. The molecule has 2 aliphatic heterocycles. The van der Waals surface area contributed by atoms with E-state index in [2.05, 4.69) is 75.4 Å². The van der Waals surface area contributed by atoms with Crippen LogP contribution in [0.5, 0.6) is 0 Å². The number of aryl methyl sites for hydroxylation is 6. The van der Waals surface area contributed by atoms with Crippen LogP contribution in [0.3, 0.4) is 0 Å². The molecule has 2 aliphatic rings. The van der Waals surface area contributed by atoms with Gasteiger partial charge in [0, 0.05) is 36.8 Å². The van der Waals surface area contributed by atoms with Crippen molar-refractivity contribution in [2.75, 3.05) is 26.2 Å². The molecular formula is C25H34N3P. The summed E-state index contributed by atoms with van der Waals surface area (Å²) in [6.45, 7) is 18.0. The number of hydrogen-bond donors (Lipinski definition) is 0. The molecule has 0 radical (unpaired) electrons. The number of benzene rings is 2. The average Bonchev–Trinajstić information content (AvgIpc) is 2.65. The van der Waals surface area contributed by atoms with Crippen molar-refractivity contribution < 1.29 is 0 Å². The van der Waals surface area contributed by atoms with Crippen molar-refractivity contribution in [3.63, 3.8) is 0 Å². The Morgan fingerprint density at radius 3 is 1.69 bits per heavy atom. The van der Waals surface area contributed by atoms with Gasteiger partial charge >= 0.3 is 0 Å². The first kappa shape index (κ1) is 20.4. The second-order valence-corrected chi connectivity index (χ2v) is 10.8. The molecule has 4 heteroatoms. The summed E-state index contributed by atoms with van der Waals surface area (Å²) in [5, 5.41) is 3.05. The van der Waals surface area contributed by atoms with Gasteiger partial charge in [0.25, 0.3) is 0 Å². The third-order valence-electron chi connectivity index (χ3n) is 6.09. The highest BCUT2D eigenvalue weighted by Gasteiger charge is 2.35. The van der Waals surface area contributed by atoms with Gasteiger partial charge in [0.15, 0.2) is 5.96 Å². The minimum absolute atomic E-state index is 0.660.